The molecular weight excluding hydrogens is 630 g/mol. The van der Waals surface area contributed by atoms with Gasteiger partial charge in [-0.25, -0.2) is 9.59 Å². The number of phenolic OH excluding ortho intramolecular Hbond substituents is 1. The highest BCUT2D eigenvalue weighted by Crippen LogP contribution is 2.12. The number of nitrogens with one attached hydrogen (secondary N) is 5. The van der Waals surface area contributed by atoms with Crippen molar-refractivity contribution in [3.05, 3.63) is 65.7 Å². The summed E-state index contributed by atoms with van der Waals surface area (Å²) in [7, 11) is 0. The summed E-state index contributed by atoms with van der Waals surface area (Å²) in [6.45, 7) is 1.09. The summed E-state index contributed by atoms with van der Waals surface area (Å²) < 4.78 is 4.75. The first-order valence-electron chi connectivity index (χ1n) is 15.0. The van der Waals surface area contributed by atoms with E-state index in [0.29, 0.717) is 11.1 Å². The van der Waals surface area contributed by atoms with Crippen LogP contribution in [0.15, 0.2) is 54.6 Å². The predicted molar refractivity (Wildman–Crippen MR) is 169 cm³/mol. The predicted octanol–water partition coefficient (Wildman–Crippen LogP) is -0.904. The van der Waals surface area contributed by atoms with E-state index in [1.54, 1.807) is 30.3 Å². The van der Waals surface area contributed by atoms with Crippen molar-refractivity contribution in [1.29, 1.82) is 0 Å². The van der Waals surface area contributed by atoms with E-state index in [9.17, 15) is 43.8 Å². The molecule has 0 heterocycles. The minimum Gasteiger partial charge on any atom is -0.508 e. The Morgan fingerprint density at radius 1 is 0.646 bits per heavy atom. The van der Waals surface area contributed by atoms with Crippen molar-refractivity contribution in [2.75, 3.05) is 26.3 Å². The Kier molecular flexibility index (Phi) is 16.0. The van der Waals surface area contributed by atoms with Gasteiger partial charge in [-0.1, -0.05) is 56.3 Å². The Bertz CT molecular complexity index is 1420. The molecule has 2 aromatic carbocycles. The molecule has 8 N–H and O–H groups in total. The van der Waals surface area contributed by atoms with Gasteiger partial charge in [0.15, 0.2) is 0 Å². The number of carboxylic acids is 2. The maximum absolute atomic E-state index is 13.1. The highest BCUT2D eigenvalue weighted by molar-refractivity contribution is 5.94. The van der Waals surface area contributed by atoms with Crippen molar-refractivity contribution in [2.45, 2.75) is 51.2 Å². The molecule has 5 amide bonds. The SMILES string of the molecule is CC(C)CC(NC(=O)C(Cc1ccccc1)NC(=O)CNC(=O)CNC(=O)C(Cc1ccc(O)cc1)NC(=O)COCC(=O)O)C(=O)O. The zero-order chi connectivity index (χ0) is 35.6. The Balaban J connectivity index is 1.98. The van der Waals surface area contributed by atoms with Crippen LogP contribution in [0, 0.1) is 5.92 Å². The summed E-state index contributed by atoms with van der Waals surface area (Å²) >= 11 is 0. The second kappa shape index (κ2) is 19.9. The lowest BCUT2D eigenvalue weighted by molar-refractivity contribution is -0.144. The van der Waals surface area contributed by atoms with Gasteiger partial charge in [-0.2, -0.15) is 0 Å². The van der Waals surface area contributed by atoms with Gasteiger partial charge in [0.2, 0.25) is 29.5 Å². The van der Waals surface area contributed by atoms with Gasteiger partial charge in [0.25, 0.3) is 0 Å². The molecule has 0 fully saturated rings. The second-order valence-electron chi connectivity index (χ2n) is 11.2. The number of carbonyl (C=O) groups is 7. The molecule has 0 aliphatic heterocycles. The number of phenols is 1. The van der Waals surface area contributed by atoms with Gasteiger partial charge >= 0.3 is 11.9 Å². The Labute approximate surface area is 276 Å². The van der Waals surface area contributed by atoms with E-state index in [-0.39, 0.29) is 30.9 Å². The van der Waals surface area contributed by atoms with Crippen LogP contribution in [0.2, 0.25) is 0 Å². The molecule has 16 heteroatoms. The van der Waals surface area contributed by atoms with Crippen LogP contribution in [-0.2, 0) is 51.1 Å². The third-order valence-electron chi connectivity index (χ3n) is 6.61. The molecule has 2 rings (SSSR count). The highest BCUT2D eigenvalue weighted by atomic mass is 16.5. The van der Waals surface area contributed by atoms with E-state index in [0.717, 1.165) is 0 Å². The minimum absolute atomic E-state index is 0.0193. The zero-order valence-corrected chi connectivity index (χ0v) is 26.6. The number of hydrogen-bond acceptors (Lipinski definition) is 9. The third kappa shape index (κ3) is 15.2. The lowest BCUT2D eigenvalue weighted by Crippen LogP contribution is -2.54. The smallest absolute Gasteiger partial charge is 0.329 e. The molecule has 48 heavy (non-hydrogen) atoms. The van der Waals surface area contributed by atoms with E-state index >= 15 is 0 Å². The van der Waals surface area contributed by atoms with Gasteiger partial charge in [0.05, 0.1) is 13.1 Å². The summed E-state index contributed by atoms with van der Waals surface area (Å²) in [6, 6.07) is 11.0. The van der Waals surface area contributed by atoms with Crippen molar-refractivity contribution in [2.24, 2.45) is 5.92 Å². The van der Waals surface area contributed by atoms with Crippen LogP contribution in [0.5, 0.6) is 5.75 Å². The number of aliphatic carboxylic acids is 2. The normalized spacial score (nSPS) is 12.6. The van der Waals surface area contributed by atoms with E-state index in [4.69, 9.17) is 9.84 Å². The maximum atomic E-state index is 13.1. The van der Waals surface area contributed by atoms with Crippen LogP contribution in [0.3, 0.4) is 0 Å². The fourth-order valence-corrected chi connectivity index (χ4v) is 4.35. The van der Waals surface area contributed by atoms with E-state index in [1.807, 2.05) is 13.8 Å². The molecule has 0 aliphatic carbocycles. The standard InChI is InChI=1S/C32H41N5O11/c1-19(2)12-25(32(46)47)37-31(45)24(13-20-6-4-3-5-7-20)35-27(40)16-33-26(39)15-34-30(44)23(14-21-8-10-22(38)11-9-21)36-28(41)17-48-18-29(42)43/h3-11,19,23-25,38H,12-18H2,1-2H3,(H,33,39)(H,34,44)(H,35,40)(H,36,41)(H,37,45)(H,42,43)(H,46,47). The maximum Gasteiger partial charge on any atom is 0.329 e. The quantitative estimate of drug-likeness (QED) is 0.0856. The number of amides is 5. The monoisotopic (exact) mass is 671 g/mol. The molecule has 0 spiro atoms. The summed E-state index contributed by atoms with van der Waals surface area (Å²) in [5, 5.41) is 39.8. The van der Waals surface area contributed by atoms with Crippen LogP contribution < -0.4 is 26.6 Å². The molecule has 0 aliphatic rings. The number of benzene rings is 2. The Morgan fingerprint density at radius 2 is 1.21 bits per heavy atom. The lowest BCUT2D eigenvalue weighted by atomic mass is 10.0. The Hall–Kier alpha value is -5.51. The molecule has 260 valence electrons. The number of rotatable bonds is 20. The molecule has 3 atom stereocenters. The molecule has 2 aromatic rings. The van der Waals surface area contributed by atoms with Crippen LogP contribution in [0.4, 0.5) is 0 Å². The van der Waals surface area contributed by atoms with Crippen LogP contribution in [0.25, 0.3) is 0 Å². The van der Waals surface area contributed by atoms with Crippen molar-refractivity contribution >= 4 is 41.5 Å². The first-order chi connectivity index (χ1) is 22.7. The van der Waals surface area contributed by atoms with Crippen LogP contribution in [-0.4, -0.2) is 101 Å². The number of hydrogen-bond donors (Lipinski definition) is 8. The minimum atomic E-state index is -1.29. The molecule has 16 nitrogen and oxygen atoms in total. The van der Waals surface area contributed by atoms with Crippen LogP contribution in [0.1, 0.15) is 31.4 Å². The summed E-state index contributed by atoms with van der Waals surface area (Å²) in [5.41, 5.74) is 1.25. The number of carboxylic acid groups (broad SMARTS) is 2. The number of aromatic hydroxyl groups is 1. The second-order valence-corrected chi connectivity index (χ2v) is 11.2. The molecule has 0 bridgehead atoms. The van der Waals surface area contributed by atoms with E-state index in [2.05, 4.69) is 26.6 Å². The molecule has 0 aromatic heterocycles. The van der Waals surface area contributed by atoms with E-state index in [1.165, 1.54) is 24.3 Å². The van der Waals surface area contributed by atoms with Gasteiger partial charge < -0.3 is 46.6 Å². The Morgan fingerprint density at radius 3 is 1.79 bits per heavy atom. The molecule has 0 saturated carbocycles. The largest absolute Gasteiger partial charge is 0.508 e. The van der Waals surface area contributed by atoms with Gasteiger partial charge in [-0.3, -0.25) is 24.0 Å². The van der Waals surface area contributed by atoms with Crippen molar-refractivity contribution in [3.63, 3.8) is 0 Å². The van der Waals surface area contributed by atoms with Crippen molar-refractivity contribution < 1.29 is 53.6 Å². The third-order valence-corrected chi connectivity index (χ3v) is 6.61. The fourth-order valence-electron chi connectivity index (χ4n) is 4.35. The first kappa shape index (κ1) is 38.7. The van der Waals surface area contributed by atoms with Gasteiger partial charge in [0, 0.05) is 12.8 Å². The molecule has 3 unspecified atom stereocenters. The van der Waals surface area contributed by atoms with Gasteiger partial charge in [-0.05, 0) is 35.6 Å². The van der Waals surface area contributed by atoms with Crippen molar-refractivity contribution in [3.8, 4) is 5.75 Å². The summed E-state index contributed by atoms with van der Waals surface area (Å²) in [5.74, 6) is -6.35. The van der Waals surface area contributed by atoms with Gasteiger partial charge in [0.1, 0.15) is 37.1 Å². The number of carbonyl (C=O) groups excluding carboxylic acids is 5. The first-order valence-corrected chi connectivity index (χ1v) is 15.0. The fraction of sp³-hybridized carbons (Fsp3) is 0.406. The van der Waals surface area contributed by atoms with Crippen LogP contribution >= 0.6 is 0 Å². The summed E-state index contributed by atoms with van der Waals surface area (Å²) in [6.07, 6.45) is 0.171. The lowest BCUT2D eigenvalue weighted by Gasteiger charge is -2.22. The van der Waals surface area contributed by atoms with Gasteiger partial charge in [-0.15, -0.1) is 0 Å². The topological polar surface area (TPSA) is 250 Å². The number of ether oxygens (including phenoxy) is 1. The van der Waals surface area contributed by atoms with Crippen molar-refractivity contribution in [1.82, 2.24) is 26.6 Å². The molecular formula is C32H41N5O11. The highest BCUT2D eigenvalue weighted by Gasteiger charge is 2.28. The average Bonchev–Trinajstić information content (AvgIpc) is 3.02. The summed E-state index contributed by atoms with van der Waals surface area (Å²) in [4.78, 5) is 85.8. The average molecular weight is 672 g/mol. The van der Waals surface area contributed by atoms with E-state index < -0.39 is 85.9 Å². The zero-order valence-electron chi connectivity index (χ0n) is 26.6. The molecule has 0 radical (unpaired) electrons. The molecule has 0 saturated heterocycles.